The summed E-state index contributed by atoms with van der Waals surface area (Å²) in [6.45, 7) is 0.679. The van der Waals surface area contributed by atoms with Gasteiger partial charge < -0.3 is 4.90 Å². The summed E-state index contributed by atoms with van der Waals surface area (Å²) in [7, 11) is -1.54. The quantitative estimate of drug-likeness (QED) is 0.714. The van der Waals surface area contributed by atoms with Gasteiger partial charge >= 0.3 is 0 Å². The molecule has 1 aliphatic heterocycles. The molecule has 0 aliphatic carbocycles. The summed E-state index contributed by atoms with van der Waals surface area (Å²) in [6.07, 6.45) is 0.435. The predicted octanol–water partition coefficient (Wildman–Crippen LogP) is 0.752. The van der Waals surface area contributed by atoms with E-state index < -0.39 is 15.1 Å². The minimum absolute atomic E-state index is 0.00249. The van der Waals surface area contributed by atoms with Crippen LogP contribution in [-0.2, 0) is 21.7 Å². The van der Waals surface area contributed by atoms with Crippen LogP contribution in [0.3, 0.4) is 0 Å². The first-order chi connectivity index (χ1) is 11.5. The van der Waals surface area contributed by atoms with E-state index in [9.17, 15) is 13.2 Å². The minimum Gasteiger partial charge on any atom is -0.341 e. The van der Waals surface area contributed by atoms with Gasteiger partial charge in [0.15, 0.2) is 9.84 Å². The van der Waals surface area contributed by atoms with E-state index in [1.807, 2.05) is 17.5 Å². The van der Waals surface area contributed by atoms with Crippen LogP contribution in [-0.4, -0.2) is 64.0 Å². The zero-order valence-corrected chi connectivity index (χ0v) is 15.5. The number of carbonyl (C=O) groups is 1. The van der Waals surface area contributed by atoms with E-state index >= 15 is 0 Å². The van der Waals surface area contributed by atoms with Crippen LogP contribution < -0.4 is 0 Å². The van der Waals surface area contributed by atoms with Crippen LogP contribution in [0.5, 0.6) is 0 Å². The molecule has 3 rings (SSSR count). The van der Waals surface area contributed by atoms with Gasteiger partial charge in [-0.05, 0) is 28.3 Å². The topological polar surface area (TPSA) is 98.1 Å². The molecular weight excluding hydrogens is 370 g/mol. The molecule has 8 nitrogen and oxygen atoms in total. The van der Waals surface area contributed by atoms with E-state index in [0.29, 0.717) is 18.1 Å². The molecule has 0 radical (unpaired) electrons. The molecule has 0 N–H and O–H groups in total. The van der Waals surface area contributed by atoms with E-state index in [1.54, 1.807) is 11.9 Å². The Morgan fingerprint density at radius 3 is 2.96 bits per heavy atom. The van der Waals surface area contributed by atoms with Gasteiger partial charge in [0, 0.05) is 25.0 Å². The lowest BCUT2D eigenvalue weighted by atomic mass is 10.2. The third kappa shape index (κ3) is 3.78. The van der Waals surface area contributed by atoms with Crippen LogP contribution in [0.4, 0.5) is 0 Å². The highest BCUT2D eigenvalue weighted by molar-refractivity contribution is 7.99. The first kappa shape index (κ1) is 17.4. The molecule has 0 bridgehead atoms. The molecule has 1 amide bonds. The Morgan fingerprint density at radius 2 is 2.29 bits per heavy atom. The lowest BCUT2D eigenvalue weighted by molar-refractivity contribution is -0.128. The van der Waals surface area contributed by atoms with Crippen LogP contribution in [0.25, 0.3) is 0 Å². The summed E-state index contributed by atoms with van der Waals surface area (Å²) in [6, 6.07) is 3.70. The zero-order chi connectivity index (χ0) is 17.2. The summed E-state index contributed by atoms with van der Waals surface area (Å²) < 4.78 is 26.5. The second-order valence-corrected chi connectivity index (χ2v) is 9.64. The molecule has 2 aromatic rings. The van der Waals surface area contributed by atoms with E-state index in [2.05, 4.69) is 15.5 Å². The average Bonchev–Trinajstić information content (AvgIpc) is 3.17. The largest absolute Gasteiger partial charge is 0.341 e. The highest BCUT2D eigenvalue weighted by Gasteiger charge is 2.33. The van der Waals surface area contributed by atoms with Crippen molar-refractivity contribution in [3.8, 4) is 0 Å². The highest BCUT2D eigenvalue weighted by atomic mass is 32.2. The van der Waals surface area contributed by atoms with Crippen molar-refractivity contribution in [1.82, 2.24) is 25.1 Å². The van der Waals surface area contributed by atoms with Crippen molar-refractivity contribution < 1.29 is 13.2 Å². The standard InChI is InChI=1S/C13H17N5O3S3/c1-17-13(14-15-16-17)23-9-12(19)18-5-4-11(10-3-2-7-22-10)24(20,21)8-6-18/h2-3,7,11H,4-6,8-9H2,1H3. The summed E-state index contributed by atoms with van der Waals surface area (Å²) in [5, 5.41) is 13.0. The molecule has 1 aliphatic rings. The summed E-state index contributed by atoms with van der Waals surface area (Å²) in [5.74, 6) is 0.0973. The number of amides is 1. The molecule has 0 aromatic carbocycles. The maximum Gasteiger partial charge on any atom is 0.233 e. The number of tetrazole rings is 1. The third-order valence-corrected chi connectivity index (χ3v) is 8.10. The van der Waals surface area contributed by atoms with Gasteiger partial charge in [0.25, 0.3) is 0 Å². The molecule has 2 aromatic heterocycles. The van der Waals surface area contributed by atoms with Gasteiger partial charge in [0.2, 0.25) is 11.1 Å². The number of thiophene rings is 1. The predicted molar refractivity (Wildman–Crippen MR) is 91.6 cm³/mol. The number of aryl methyl sites for hydroxylation is 1. The number of rotatable bonds is 4. The molecule has 0 saturated carbocycles. The molecule has 1 atom stereocenters. The van der Waals surface area contributed by atoms with Crippen molar-refractivity contribution in [2.75, 3.05) is 24.6 Å². The van der Waals surface area contributed by atoms with Gasteiger partial charge in [-0.15, -0.1) is 16.4 Å². The molecule has 24 heavy (non-hydrogen) atoms. The highest BCUT2D eigenvalue weighted by Crippen LogP contribution is 2.32. The molecule has 1 unspecified atom stereocenters. The Bertz CT molecular complexity index is 803. The van der Waals surface area contributed by atoms with Crippen molar-refractivity contribution in [3.05, 3.63) is 22.4 Å². The van der Waals surface area contributed by atoms with Crippen molar-refractivity contribution in [1.29, 1.82) is 0 Å². The zero-order valence-electron chi connectivity index (χ0n) is 13.0. The molecule has 1 saturated heterocycles. The molecule has 3 heterocycles. The van der Waals surface area contributed by atoms with Crippen molar-refractivity contribution in [2.24, 2.45) is 7.05 Å². The van der Waals surface area contributed by atoms with Crippen molar-refractivity contribution >= 4 is 38.8 Å². The monoisotopic (exact) mass is 387 g/mol. The van der Waals surface area contributed by atoms with Crippen LogP contribution in [0, 0.1) is 0 Å². The number of carbonyl (C=O) groups excluding carboxylic acids is 1. The summed E-state index contributed by atoms with van der Waals surface area (Å²) >= 11 is 2.70. The summed E-state index contributed by atoms with van der Waals surface area (Å²) in [4.78, 5) is 14.9. The molecule has 11 heteroatoms. The van der Waals surface area contributed by atoms with Gasteiger partial charge in [-0.3, -0.25) is 4.79 Å². The minimum atomic E-state index is -3.24. The van der Waals surface area contributed by atoms with Gasteiger partial charge in [-0.1, -0.05) is 17.8 Å². The van der Waals surface area contributed by atoms with Gasteiger partial charge in [-0.2, -0.15) is 0 Å². The van der Waals surface area contributed by atoms with Gasteiger partial charge in [0.05, 0.1) is 16.8 Å². The lowest BCUT2D eigenvalue weighted by Crippen LogP contribution is -2.34. The first-order valence-electron chi connectivity index (χ1n) is 7.35. The Labute approximate surface area is 148 Å². The van der Waals surface area contributed by atoms with Crippen molar-refractivity contribution in [2.45, 2.75) is 16.8 Å². The SMILES string of the molecule is Cn1nnnc1SCC(=O)N1CCC(c2cccs2)S(=O)(=O)CC1. The Morgan fingerprint density at radius 1 is 1.46 bits per heavy atom. The fraction of sp³-hybridized carbons (Fsp3) is 0.538. The van der Waals surface area contributed by atoms with Crippen LogP contribution in [0.2, 0.25) is 0 Å². The second-order valence-electron chi connectivity index (χ2n) is 5.41. The fourth-order valence-corrected chi connectivity index (χ4v) is 6.31. The number of hydrogen-bond acceptors (Lipinski definition) is 8. The molecular formula is C13H17N5O3S3. The molecule has 130 valence electrons. The maximum absolute atomic E-state index is 12.5. The van der Waals surface area contributed by atoms with E-state index in [4.69, 9.17) is 0 Å². The van der Waals surface area contributed by atoms with E-state index in [1.165, 1.54) is 27.8 Å². The Kier molecular flexibility index (Phi) is 5.21. The van der Waals surface area contributed by atoms with E-state index in [0.717, 1.165) is 4.88 Å². The average molecular weight is 388 g/mol. The number of thioether (sulfide) groups is 1. The smallest absolute Gasteiger partial charge is 0.233 e. The lowest BCUT2D eigenvalue weighted by Gasteiger charge is -2.19. The fourth-order valence-electron chi connectivity index (χ4n) is 2.55. The second kappa shape index (κ2) is 7.19. The number of sulfone groups is 1. The third-order valence-electron chi connectivity index (χ3n) is 3.86. The van der Waals surface area contributed by atoms with E-state index in [-0.39, 0.29) is 24.0 Å². The van der Waals surface area contributed by atoms with Gasteiger partial charge in [0.1, 0.15) is 0 Å². The van der Waals surface area contributed by atoms with Crippen LogP contribution >= 0.6 is 23.1 Å². The molecule has 0 spiro atoms. The first-order valence-corrected chi connectivity index (χ1v) is 10.9. The number of hydrogen-bond donors (Lipinski definition) is 0. The Balaban J connectivity index is 1.64. The maximum atomic E-state index is 12.5. The van der Waals surface area contributed by atoms with Crippen LogP contribution in [0.15, 0.2) is 22.7 Å². The molecule has 1 fully saturated rings. The van der Waals surface area contributed by atoms with Gasteiger partial charge in [-0.25, -0.2) is 13.1 Å². The summed E-state index contributed by atoms with van der Waals surface area (Å²) in [5.41, 5.74) is 0. The number of aromatic nitrogens is 4. The normalized spacial score (nSPS) is 20.7. The Hall–Kier alpha value is -1.46. The number of nitrogens with zero attached hydrogens (tertiary/aromatic N) is 5. The van der Waals surface area contributed by atoms with Crippen molar-refractivity contribution in [3.63, 3.8) is 0 Å². The van der Waals surface area contributed by atoms with Crippen LogP contribution in [0.1, 0.15) is 16.5 Å².